The van der Waals surface area contributed by atoms with Gasteiger partial charge in [0.15, 0.2) is 0 Å². The summed E-state index contributed by atoms with van der Waals surface area (Å²) in [6.45, 7) is 3.93. The predicted molar refractivity (Wildman–Crippen MR) is 85.9 cm³/mol. The van der Waals surface area contributed by atoms with Gasteiger partial charge in [-0.05, 0) is 31.5 Å². The van der Waals surface area contributed by atoms with E-state index in [1.165, 1.54) is 32.4 Å². The smallest absolute Gasteiger partial charge is 0.344 e. The summed E-state index contributed by atoms with van der Waals surface area (Å²) in [4.78, 5) is 27.1. The standard InChI is InChI=1S/C16H21N3O4/c1-23-16(20)14-10-12(5-6-15(14)19(21)22)18-9-8-17-7-3-2-4-13(17)11-18/h5-6,10,13H,2-4,7-9,11H2,1H3/t13-/m0/s1. The van der Waals surface area contributed by atoms with Crippen molar-refractivity contribution in [3.8, 4) is 0 Å². The van der Waals surface area contributed by atoms with Crippen molar-refractivity contribution in [1.29, 1.82) is 0 Å². The largest absolute Gasteiger partial charge is 0.465 e. The Morgan fingerprint density at radius 1 is 1.30 bits per heavy atom. The topological polar surface area (TPSA) is 75.9 Å². The molecule has 0 aromatic heterocycles. The second kappa shape index (κ2) is 6.54. The van der Waals surface area contributed by atoms with Crippen molar-refractivity contribution < 1.29 is 14.5 Å². The minimum Gasteiger partial charge on any atom is -0.465 e. The molecule has 0 spiro atoms. The number of piperazine rings is 1. The van der Waals surface area contributed by atoms with Gasteiger partial charge in [-0.15, -0.1) is 0 Å². The first-order valence-electron chi connectivity index (χ1n) is 7.96. The number of nitro benzene ring substituents is 1. The zero-order valence-electron chi connectivity index (χ0n) is 13.2. The number of nitrogens with zero attached hydrogens (tertiary/aromatic N) is 3. The van der Waals surface area contributed by atoms with Crippen LogP contribution in [-0.4, -0.2) is 55.1 Å². The molecular formula is C16H21N3O4. The van der Waals surface area contributed by atoms with E-state index in [4.69, 9.17) is 0 Å². The lowest BCUT2D eigenvalue weighted by Crippen LogP contribution is -2.54. The van der Waals surface area contributed by atoms with E-state index in [0.717, 1.165) is 31.9 Å². The Balaban J connectivity index is 1.85. The van der Waals surface area contributed by atoms with Gasteiger partial charge in [-0.25, -0.2) is 4.79 Å². The molecule has 1 atom stereocenters. The van der Waals surface area contributed by atoms with Crippen LogP contribution in [0.1, 0.15) is 29.6 Å². The van der Waals surface area contributed by atoms with Gasteiger partial charge >= 0.3 is 5.97 Å². The molecule has 0 N–H and O–H groups in total. The Hall–Kier alpha value is -2.15. The number of ether oxygens (including phenoxy) is 1. The molecule has 1 aromatic carbocycles. The van der Waals surface area contributed by atoms with E-state index in [0.29, 0.717) is 6.04 Å². The minimum absolute atomic E-state index is 0.0149. The maximum absolute atomic E-state index is 11.8. The molecule has 2 aliphatic rings. The molecule has 2 saturated heterocycles. The third kappa shape index (κ3) is 3.14. The maximum atomic E-state index is 11.8. The Bertz CT molecular complexity index is 619. The van der Waals surface area contributed by atoms with Crippen molar-refractivity contribution in [3.63, 3.8) is 0 Å². The number of benzene rings is 1. The molecule has 0 amide bonds. The van der Waals surface area contributed by atoms with E-state index >= 15 is 0 Å². The van der Waals surface area contributed by atoms with Crippen LogP contribution >= 0.6 is 0 Å². The fourth-order valence-corrected chi connectivity index (χ4v) is 3.54. The normalized spacial score (nSPS) is 21.6. The Morgan fingerprint density at radius 2 is 2.13 bits per heavy atom. The summed E-state index contributed by atoms with van der Waals surface area (Å²) in [6.07, 6.45) is 3.70. The molecule has 23 heavy (non-hydrogen) atoms. The number of piperidine rings is 1. The quantitative estimate of drug-likeness (QED) is 0.482. The van der Waals surface area contributed by atoms with Crippen LogP contribution in [0.3, 0.4) is 0 Å². The summed E-state index contributed by atoms with van der Waals surface area (Å²) in [5.74, 6) is -0.671. The zero-order valence-corrected chi connectivity index (χ0v) is 13.2. The molecule has 2 heterocycles. The van der Waals surface area contributed by atoms with Crippen molar-refractivity contribution in [1.82, 2.24) is 4.90 Å². The number of nitro groups is 1. The van der Waals surface area contributed by atoms with Crippen molar-refractivity contribution in [2.45, 2.75) is 25.3 Å². The molecular weight excluding hydrogens is 298 g/mol. The summed E-state index contributed by atoms with van der Waals surface area (Å²) in [5.41, 5.74) is 0.652. The van der Waals surface area contributed by atoms with Crippen LogP contribution in [0.5, 0.6) is 0 Å². The van der Waals surface area contributed by atoms with E-state index in [1.54, 1.807) is 12.1 Å². The summed E-state index contributed by atoms with van der Waals surface area (Å²) < 4.78 is 4.69. The molecule has 2 fully saturated rings. The van der Waals surface area contributed by atoms with E-state index in [2.05, 4.69) is 14.5 Å². The number of carbonyl (C=O) groups excluding carboxylic acids is 1. The third-order valence-electron chi connectivity index (χ3n) is 4.78. The second-order valence-corrected chi connectivity index (χ2v) is 6.08. The average molecular weight is 319 g/mol. The summed E-state index contributed by atoms with van der Waals surface area (Å²) >= 11 is 0. The van der Waals surface area contributed by atoms with Gasteiger partial charge in [-0.2, -0.15) is 0 Å². The maximum Gasteiger partial charge on any atom is 0.344 e. The van der Waals surface area contributed by atoms with Crippen LogP contribution in [0.4, 0.5) is 11.4 Å². The van der Waals surface area contributed by atoms with Crippen molar-refractivity contribution in [2.24, 2.45) is 0 Å². The number of fused-ring (bicyclic) bond motifs is 1. The highest BCUT2D eigenvalue weighted by atomic mass is 16.6. The average Bonchev–Trinajstić information content (AvgIpc) is 2.60. The summed E-state index contributed by atoms with van der Waals surface area (Å²) in [7, 11) is 1.24. The Labute approximate surface area is 135 Å². The van der Waals surface area contributed by atoms with Crippen LogP contribution in [0.15, 0.2) is 18.2 Å². The van der Waals surface area contributed by atoms with Crippen LogP contribution in [0, 0.1) is 10.1 Å². The first-order chi connectivity index (χ1) is 11.1. The fraction of sp³-hybridized carbons (Fsp3) is 0.562. The first-order valence-corrected chi connectivity index (χ1v) is 7.96. The molecule has 0 radical (unpaired) electrons. The van der Waals surface area contributed by atoms with Gasteiger partial charge in [0.05, 0.1) is 12.0 Å². The monoisotopic (exact) mass is 319 g/mol. The first kappa shape index (κ1) is 15.7. The number of hydrogen-bond acceptors (Lipinski definition) is 6. The number of carbonyl (C=O) groups is 1. The van der Waals surface area contributed by atoms with Gasteiger partial charge in [0.25, 0.3) is 5.69 Å². The molecule has 1 aromatic rings. The van der Waals surface area contributed by atoms with Crippen molar-refractivity contribution in [3.05, 3.63) is 33.9 Å². The van der Waals surface area contributed by atoms with Crippen molar-refractivity contribution >= 4 is 17.3 Å². The van der Waals surface area contributed by atoms with Gasteiger partial charge < -0.3 is 9.64 Å². The molecule has 0 unspecified atom stereocenters. The van der Waals surface area contributed by atoms with Gasteiger partial charge in [0.1, 0.15) is 5.56 Å². The van der Waals surface area contributed by atoms with Crippen LogP contribution in [0.2, 0.25) is 0 Å². The number of rotatable bonds is 3. The van der Waals surface area contributed by atoms with E-state index in [-0.39, 0.29) is 11.3 Å². The fourth-order valence-electron chi connectivity index (χ4n) is 3.54. The lowest BCUT2D eigenvalue weighted by molar-refractivity contribution is -0.385. The summed E-state index contributed by atoms with van der Waals surface area (Å²) in [6, 6.07) is 5.25. The molecule has 3 rings (SSSR count). The number of hydrogen-bond donors (Lipinski definition) is 0. The van der Waals surface area contributed by atoms with Gasteiger partial charge in [-0.3, -0.25) is 15.0 Å². The van der Waals surface area contributed by atoms with Crippen LogP contribution in [-0.2, 0) is 4.74 Å². The Morgan fingerprint density at radius 3 is 2.87 bits per heavy atom. The van der Waals surface area contributed by atoms with Crippen molar-refractivity contribution in [2.75, 3.05) is 38.2 Å². The van der Waals surface area contributed by atoms with E-state index in [1.807, 2.05) is 0 Å². The third-order valence-corrected chi connectivity index (χ3v) is 4.78. The summed E-state index contributed by atoms with van der Waals surface area (Å²) in [5, 5.41) is 11.1. The number of esters is 1. The van der Waals surface area contributed by atoms with E-state index in [9.17, 15) is 14.9 Å². The Kier molecular flexibility index (Phi) is 4.47. The SMILES string of the molecule is COC(=O)c1cc(N2CCN3CCCC[C@H]3C2)ccc1[N+](=O)[O-]. The molecule has 124 valence electrons. The van der Waals surface area contributed by atoms with Crippen LogP contribution < -0.4 is 4.90 Å². The molecule has 0 aliphatic carbocycles. The van der Waals surface area contributed by atoms with Gasteiger partial charge in [-0.1, -0.05) is 6.42 Å². The van der Waals surface area contributed by atoms with E-state index < -0.39 is 10.9 Å². The predicted octanol–water partition coefficient (Wildman–Crippen LogP) is 2.06. The highest BCUT2D eigenvalue weighted by Crippen LogP contribution is 2.29. The number of anilines is 1. The lowest BCUT2D eigenvalue weighted by Gasteiger charge is -2.45. The minimum atomic E-state index is -0.671. The van der Waals surface area contributed by atoms with Gasteiger partial charge in [0, 0.05) is 37.4 Å². The second-order valence-electron chi connectivity index (χ2n) is 6.08. The lowest BCUT2D eigenvalue weighted by atomic mass is 9.99. The molecule has 0 bridgehead atoms. The zero-order chi connectivity index (χ0) is 16.4. The number of methoxy groups -OCH3 is 1. The molecule has 7 heteroatoms. The van der Waals surface area contributed by atoms with Crippen LogP contribution in [0.25, 0.3) is 0 Å². The molecule has 2 aliphatic heterocycles. The molecule has 7 nitrogen and oxygen atoms in total. The van der Waals surface area contributed by atoms with Gasteiger partial charge in [0.2, 0.25) is 0 Å². The highest BCUT2D eigenvalue weighted by molar-refractivity contribution is 5.95. The molecule has 0 saturated carbocycles. The highest BCUT2D eigenvalue weighted by Gasteiger charge is 2.30.